The molecule has 1 fully saturated rings. The maximum absolute atomic E-state index is 12.2. The Morgan fingerprint density at radius 1 is 1.33 bits per heavy atom. The fraction of sp³-hybridized carbons (Fsp3) is 0.538. The van der Waals surface area contributed by atoms with Crippen LogP contribution in [0.3, 0.4) is 0 Å². The van der Waals surface area contributed by atoms with Gasteiger partial charge in [0.1, 0.15) is 5.60 Å². The Hall–Kier alpha value is -0.910. The molecular weight excluding hydrogens is 252 g/mol. The average molecular weight is 270 g/mol. The summed E-state index contributed by atoms with van der Waals surface area (Å²) >= 11 is 0. The molecule has 2 rings (SSSR count). The maximum Gasteiger partial charge on any atom is 0.297 e. The highest BCUT2D eigenvalue weighted by Crippen LogP contribution is 2.31. The topological polar surface area (TPSA) is 52.6 Å². The van der Waals surface area contributed by atoms with Gasteiger partial charge in [0.15, 0.2) is 0 Å². The molecule has 0 spiro atoms. The van der Waals surface area contributed by atoms with Gasteiger partial charge in [-0.3, -0.25) is 4.18 Å². The highest BCUT2D eigenvalue weighted by molar-refractivity contribution is 7.86. The zero-order valence-corrected chi connectivity index (χ0v) is 11.5. The smallest absolute Gasteiger partial charge is 0.297 e. The molecule has 1 aliphatic rings. The predicted molar refractivity (Wildman–Crippen MR) is 67.9 cm³/mol. The first-order valence-corrected chi connectivity index (χ1v) is 7.48. The van der Waals surface area contributed by atoms with Gasteiger partial charge in [-0.25, -0.2) is 0 Å². The van der Waals surface area contributed by atoms with E-state index in [-0.39, 0.29) is 4.90 Å². The van der Waals surface area contributed by atoms with E-state index in [9.17, 15) is 8.42 Å². The van der Waals surface area contributed by atoms with Gasteiger partial charge in [0, 0.05) is 13.0 Å². The molecule has 1 unspecified atom stereocenters. The molecule has 1 aromatic rings. The molecule has 1 atom stereocenters. The van der Waals surface area contributed by atoms with Crippen molar-refractivity contribution in [3.8, 4) is 0 Å². The van der Waals surface area contributed by atoms with Crippen LogP contribution >= 0.6 is 0 Å². The van der Waals surface area contributed by atoms with Crippen molar-refractivity contribution in [1.82, 2.24) is 0 Å². The largest absolute Gasteiger partial charge is 0.378 e. The molecule has 1 aliphatic heterocycles. The van der Waals surface area contributed by atoms with Crippen molar-refractivity contribution < 1.29 is 17.3 Å². The van der Waals surface area contributed by atoms with Crippen molar-refractivity contribution in [3.05, 3.63) is 29.8 Å². The lowest BCUT2D eigenvalue weighted by molar-refractivity contribution is 0.0530. The van der Waals surface area contributed by atoms with Crippen molar-refractivity contribution in [1.29, 1.82) is 0 Å². The first-order valence-electron chi connectivity index (χ1n) is 6.07. The van der Waals surface area contributed by atoms with Gasteiger partial charge in [0.2, 0.25) is 0 Å². The van der Waals surface area contributed by atoms with Crippen LogP contribution in [0.1, 0.15) is 25.3 Å². The van der Waals surface area contributed by atoms with Gasteiger partial charge in [0.05, 0.1) is 11.5 Å². The molecule has 0 bridgehead atoms. The summed E-state index contributed by atoms with van der Waals surface area (Å²) in [5, 5.41) is 0. The third kappa shape index (κ3) is 2.74. The van der Waals surface area contributed by atoms with Gasteiger partial charge in [-0.2, -0.15) is 8.42 Å². The number of ether oxygens (including phenoxy) is 1. The Labute approximate surface area is 108 Å². The third-order valence-electron chi connectivity index (χ3n) is 3.31. The second-order valence-electron chi connectivity index (χ2n) is 4.69. The second kappa shape index (κ2) is 4.99. The molecule has 100 valence electrons. The summed E-state index contributed by atoms with van der Waals surface area (Å²) < 4.78 is 35.0. The SMILES string of the molecule is CCC1(OS(=O)(=O)c2ccc(C)cc2)CCOC1. The Balaban J connectivity index is 2.24. The van der Waals surface area contributed by atoms with E-state index in [1.807, 2.05) is 13.8 Å². The first-order chi connectivity index (χ1) is 8.47. The minimum absolute atomic E-state index is 0.202. The van der Waals surface area contributed by atoms with Crippen molar-refractivity contribution in [2.45, 2.75) is 37.2 Å². The van der Waals surface area contributed by atoms with E-state index in [2.05, 4.69) is 0 Å². The van der Waals surface area contributed by atoms with Crippen LogP contribution in [0.2, 0.25) is 0 Å². The summed E-state index contributed by atoms with van der Waals surface area (Å²) in [6.45, 7) is 4.72. The number of rotatable bonds is 4. The van der Waals surface area contributed by atoms with Crippen molar-refractivity contribution >= 4 is 10.1 Å². The number of hydrogen-bond acceptors (Lipinski definition) is 4. The van der Waals surface area contributed by atoms with Crippen LogP contribution in [0.25, 0.3) is 0 Å². The zero-order chi connectivity index (χ0) is 13.2. The normalized spacial score (nSPS) is 24.3. The van der Waals surface area contributed by atoms with Crippen LogP contribution in [-0.2, 0) is 19.0 Å². The van der Waals surface area contributed by atoms with Crippen LogP contribution in [0.4, 0.5) is 0 Å². The molecule has 4 nitrogen and oxygen atoms in total. The second-order valence-corrected chi connectivity index (χ2v) is 6.24. The standard InChI is InChI=1S/C13H18O4S/c1-3-13(8-9-16-10-13)17-18(14,15)12-6-4-11(2)5-7-12/h4-7H,3,8-10H2,1-2H3. The quantitative estimate of drug-likeness (QED) is 0.788. The molecule has 1 aromatic carbocycles. The number of aryl methyl sites for hydroxylation is 1. The minimum atomic E-state index is -3.71. The predicted octanol–water partition coefficient (Wildman–Crippen LogP) is 2.27. The molecule has 0 aromatic heterocycles. The maximum atomic E-state index is 12.2. The summed E-state index contributed by atoms with van der Waals surface area (Å²) in [6, 6.07) is 6.67. The molecular formula is C13H18O4S. The number of benzene rings is 1. The molecule has 0 aliphatic carbocycles. The van der Waals surface area contributed by atoms with Crippen molar-refractivity contribution in [2.75, 3.05) is 13.2 Å². The average Bonchev–Trinajstić information content (AvgIpc) is 2.78. The van der Waals surface area contributed by atoms with Crippen LogP contribution in [0.5, 0.6) is 0 Å². The molecule has 5 heteroatoms. The monoisotopic (exact) mass is 270 g/mol. The van der Waals surface area contributed by atoms with Crippen LogP contribution in [-0.4, -0.2) is 27.2 Å². The van der Waals surface area contributed by atoms with Gasteiger partial charge in [-0.15, -0.1) is 0 Å². The van der Waals surface area contributed by atoms with E-state index >= 15 is 0 Å². The van der Waals surface area contributed by atoms with Gasteiger partial charge in [0.25, 0.3) is 10.1 Å². The molecule has 0 saturated carbocycles. The highest BCUT2D eigenvalue weighted by atomic mass is 32.2. The van der Waals surface area contributed by atoms with Crippen LogP contribution < -0.4 is 0 Å². The lowest BCUT2D eigenvalue weighted by Gasteiger charge is -2.25. The number of hydrogen-bond donors (Lipinski definition) is 0. The Morgan fingerprint density at radius 3 is 2.50 bits per heavy atom. The van der Waals surface area contributed by atoms with E-state index < -0.39 is 15.7 Å². The highest BCUT2D eigenvalue weighted by Gasteiger charge is 2.39. The fourth-order valence-electron chi connectivity index (χ4n) is 1.98. The summed E-state index contributed by atoms with van der Waals surface area (Å²) in [7, 11) is -3.71. The van der Waals surface area contributed by atoms with Crippen molar-refractivity contribution in [2.24, 2.45) is 0 Å². The molecule has 18 heavy (non-hydrogen) atoms. The van der Waals surface area contributed by atoms with Crippen molar-refractivity contribution in [3.63, 3.8) is 0 Å². The van der Waals surface area contributed by atoms with Gasteiger partial charge < -0.3 is 4.74 Å². The molecule has 0 N–H and O–H groups in total. The van der Waals surface area contributed by atoms with E-state index in [4.69, 9.17) is 8.92 Å². The minimum Gasteiger partial charge on any atom is -0.378 e. The lowest BCUT2D eigenvalue weighted by Crippen LogP contribution is -2.34. The van der Waals surface area contributed by atoms with E-state index in [1.54, 1.807) is 24.3 Å². The summed E-state index contributed by atoms with van der Waals surface area (Å²) in [4.78, 5) is 0.202. The molecule has 1 heterocycles. The van der Waals surface area contributed by atoms with E-state index in [1.165, 1.54) is 0 Å². The molecule has 0 radical (unpaired) electrons. The molecule has 1 saturated heterocycles. The molecule has 0 amide bonds. The lowest BCUT2D eigenvalue weighted by atomic mass is 10.0. The Morgan fingerprint density at radius 2 is 2.00 bits per heavy atom. The van der Waals surface area contributed by atoms with Crippen LogP contribution in [0, 0.1) is 6.92 Å². The summed E-state index contributed by atoms with van der Waals surface area (Å²) in [5.41, 5.74) is 0.326. The first kappa shape index (κ1) is 13.5. The zero-order valence-electron chi connectivity index (χ0n) is 10.7. The van der Waals surface area contributed by atoms with E-state index in [0.29, 0.717) is 26.1 Å². The van der Waals surface area contributed by atoms with E-state index in [0.717, 1.165) is 5.56 Å². The summed E-state index contributed by atoms with van der Waals surface area (Å²) in [5.74, 6) is 0. The van der Waals surface area contributed by atoms with Gasteiger partial charge >= 0.3 is 0 Å². The Kier molecular flexibility index (Phi) is 3.75. The fourth-order valence-corrected chi connectivity index (χ4v) is 3.26. The van der Waals surface area contributed by atoms with Gasteiger partial charge in [-0.1, -0.05) is 24.6 Å². The summed E-state index contributed by atoms with van der Waals surface area (Å²) in [6.07, 6.45) is 1.24. The van der Waals surface area contributed by atoms with Crippen LogP contribution in [0.15, 0.2) is 29.2 Å². The van der Waals surface area contributed by atoms with Gasteiger partial charge in [-0.05, 0) is 25.5 Å². The Bertz CT molecular complexity index is 498. The third-order valence-corrected chi connectivity index (χ3v) is 4.73.